The summed E-state index contributed by atoms with van der Waals surface area (Å²) in [7, 11) is 1.60. The molecular weight excluding hydrogens is 358 g/mol. The van der Waals surface area contributed by atoms with Crippen LogP contribution in [0.25, 0.3) is 0 Å². The number of amides is 1. The van der Waals surface area contributed by atoms with Gasteiger partial charge in [-0.25, -0.2) is 4.98 Å². The van der Waals surface area contributed by atoms with Crippen LogP contribution in [0.2, 0.25) is 4.47 Å². The van der Waals surface area contributed by atoms with Crippen molar-refractivity contribution in [1.82, 2.24) is 10.3 Å². The van der Waals surface area contributed by atoms with Crippen molar-refractivity contribution in [2.45, 2.75) is 6.54 Å². The normalized spacial score (nSPS) is 10.3. The zero-order valence-corrected chi connectivity index (χ0v) is 15.0. The van der Waals surface area contributed by atoms with Crippen LogP contribution in [0.1, 0.15) is 15.2 Å². The lowest BCUT2D eigenvalue weighted by Crippen LogP contribution is -2.17. The average Bonchev–Trinajstić information content (AvgIpc) is 3.06. The predicted octanol–water partition coefficient (Wildman–Crippen LogP) is 4.56. The molecule has 0 spiro atoms. The van der Waals surface area contributed by atoms with Crippen molar-refractivity contribution in [1.29, 1.82) is 0 Å². The number of halogens is 1. The van der Waals surface area contributed by atoms with Crippen LogP contribution in [0, 0.1) is 0 Å². The summed E-state index contributed by atoms with van der Waals surface area (Å²) in [6.07, 6.45) is 1.76. The van der Waals surface area contributed by atoms with E-state index in [1.54, 1.807) is 31.4 Å². The third kappa shape index (κ3) is 4.71. The number of carbonyl (C=O) groups is 1. The topological polar surface area (TPSA) is 63.2 Å². The number of benzene rings is 2. The lowest BCUT2D eigenvalue weighted by molar-refractivity contribution is 0.0963. The smallest absolute Gasteiger partial charge is 0.251 e. The first-order valence-corrected chi connectivity index (χ1v) is 8.77. The van der Waals surface area contributed by atoms with Crippen molar-refractivity contribution in [2.24, 2.45) is 0 Å². The Bertz CT molecular complexity index is 865. The molecule has 0 saturated carbocycles. The summed E-state index contributed by atoms with van der Waals surface area (Å²) in [5.74, 6) is 1.16. The van der Waals surface area contributed by atoms with E-state index >= 15 is 0 Å². The lowest BCUT2D eigenvalue weighted by Gasteiger charge is -2.09. The predicted molar refractivity (Wildman–Crippen MR) is 101 cm³/mol. The van der Waals surface area contributed by atoms with E-state index in [1.807, 2.05) is 30.3 Å². The number of nitrogens with zero attached hydrogens (tertiary/aromatic N) is 1. The minimum absolute atomic E-state index is 0.145. The highest BCUT2D eigenvalue weighted by Gasteiger charge is 2.05. The largest absolute Gasteiger partial charge is 0.457 e. The summed E-state index contributed by atoms with van der Waals surface area (Å²) in [6.45, 7) is 0.665. The van der Waals surface area contributed by atoms with Gasteiger partial charge in [-0.3, -0.25) is 4.79 Å². The highest BCUT2D eigenvalue weighted by molar-refractivity contribution is 7.15. The van der Waals surface area contributed by atoms with Gasteiger partial charge in [-0.05, 0) is 42.5 Å². The summed E-state index contributed by atoms with van der Waals surface area (Å²) in [6, 6.07) is 14.6. The molecule has 0 fully saturated rings. The third-order valence-corrected chi connectivity index (χ3v) is 4.52. The highest BCUT2D eigenvalue weighted by Crippen LogP contribution is 2.24. The molecule has 128 valence electrons. The molecule has 7 heteroatoms. The Labute approximate surface area is 154 Å². The number of ether oxygens (including phenoxy) is 1. The molecule has 1 aromatic heterocycles. The Morgan fingerprint density at radius 2 is 2.00 bits per heavy atom. The maximum Gasteiger partial charge on any atom is 0.251 e. The lowest BCUT2D eigenvalue weighted by atomic mass is 10.2. The number of hydrogen-bond acceptors (Lipinski definition) is 5. The first-order valence-electron chi connectivity index (χ1n) is 7.58. The van der Waals surface area contributed by atoms with Gasteiger partial charge in [0.25, 0.3) is 5.91 Å². The van der Waals surface area contributed by atoms with Gasteiger partial charge in [-0.2, -0.15) is 0 Å². The number of rotatable bonds is 6. The Kier molecular flexibility index (Phi) is 5.53. The highest BCUT2D eigenvalue weighted by atomic mass is 35.5. The molecule has 2 aromatic carbocycles. The number of anilines is 1. The molecule has 0 aliphatic rings. The number of thiazole rings is 1. The molecule has 3 aromatic rings. The maximum atomic E-state index is 11.7. The average molecular weight is 374 g/mol. The number of nitrogens with one attached hydrogen (secondary N) is 2. The quantitative estimate of drug-likeness (QED) is 0.664. The van der Waals surface area contributed by atoms with Gasteiger partial charge in [0.1, 0.15) is 11.5 Å². The minimum atomic E-state index is -0.145. The van der Waals surface area contributed by atoms with E-state index in [9.17, 15) is 4.79 Å². The maximum absolute atomic E-state index is 11.7. The van der Waals surface area contributed by atoms with Crippen LogP contribution in [0.5, 0.6) is 11.5 Å². The van der Waals surface area contributed by atoms with Gasteiger partial charge in [0.05, 0.1) is 6.54 Å². The van der Waals surface area contributed by atoms with Gasteiger partial charge in [0.15, 0.2) is 4.47 Å². The molecular formula is C18H16ClN3O2S. The first-order chi connectivity index (χ1) is 12.1. The number of hydrogen-bond donors (Lipinski definition) is 2. The zero-order valence-electron chi connectivity index (χ0n) is 13.5. The second kappa shape index (κ2) is 8.00. The van der Waals surface area contributed by atoms with Crippen LogP contribution >= 0.6 is 22.9 Å². The molecule has 1 heterocycles. The fourth-order valence-corrected chi connectivity index (χ4v) is 3.09. The second-order valence-corrected chi connectivity index (χ2v) is 6.86. The summed E-state index contributed by atoms with van der Waals surface area (Å²) in [5, 5.41) is 5.89. The van der Waals surface area contributed by atoms with Gasteiger partial charge in [-0.15, -0.1) is 11.3 Å². The van der Waals surface area contributed by atoms with E-state index in [2.05, 4.69) is 15.6 Å². The van der Waals surface area contributed by atoms with E-state index in [0.29, 0.717) is 28.1 Å². The van der Waals surface area contributed by atoms with Crippen molar-refractivity contribution in [2.75, 3.05) is 12.4 Å². The monoisotopic (exact) mass is 373 g/mol. The number of aromatic nitrogens is 1. The Morgan fingerprint density at radius 1 is 1.20 bits per heavy atom. The van der Waals surface area contributed by atoms with Gasteiger partial charge >= 0.3 is 0 Å². The molecule has 2 N–H and O–H groups in total. The van der Waals surface area contributed by atoms with Gasteiger partial charge in [0.2, 0.25) is 0 Å². The van der Waals surface area contributed by atoms with Crippen LogP contribution in [-0.4, -0.2) is 17.9 Å². The van der Waals surface area contributed by atoms with Crippen molar-refractivity contribution in [3.05, 3.63) is 69.6 Å². The molecule has 1 amide bonds. The summed E-state index contributed by atoms with van der Waals surface area (Å²) in [5.41, 5.74) is 1.53. The molecule has 0 aliphatic heterocycles. The van der Waals surface area contributed by atoms with E-state index in [0.717, 1.165) is 10.6 Å². The van der Waals surface area contributed by atoms with Gasteiger partial charge < -0.3 is 15.4 Å². The standard InChI is InChI=1S/C18H16ClN3O2S/c1-20-17(23)12-3-2-4-15(9-12)24-14-7-5-13(6-8-14)21-10-16-11-22-18(19)25-16/h2-9,11,21H,10H2,1H3,(H,20,23). The molecule has 0 radical (unpaired) electrons. The molecule has 0 bridgehead atoms. The van der Waals surface area contributed by atoms with Crippen LogP contribution in [0.15, 0.2) is 54.7 Å². The zero-order chi connectivity index (χ0) is 17.6. The SMILES string of the molecule is CNC(=O)c1cccc(Oc2ccc(NCc3cnc(Cl)s3)cc2)c1. The molecule has 25 heavy (non-hydrogen) atoms. The Hall–Kier alpha value is -2.57. The third-order valence-electron chi connectivity index (χ3n) is 3.41. The van der Waals surface area contributed by atoms with Crippen molar-refractivity contribution >= 4 is 34.5 Å². The van der Waals surface area contributed by atoms with Crippen molar-refractivity contribution < 1.29 is 9.53 Å². The summed E-state index contributed by atoms with van der Waals surface area (Å²) >= 11 is 7.27. The fraction of sp³-hybridized carbons (Fsp3) is 0.111. The van der Waals surface area contributed by atoms with E-state index in [1.165, 1.54) is 11.3 Å². The Balaban J connectivity index is 1.61. The van der Waals surface area contributed by atoms with Crippen molar-refractivity contribution in [3.63, 3.8) is 0 Å². The summed E-state index contributed by atoms with van der Waals surface area (Å²) in [4.78, 5) is 16.7. The van der Waals surface area contributed by atoms with Crippen LogP contribution < -0.4 is 15.4 Å². The second-order valence-electron chi connectivity index (χ2n) is 5.17. The van der Waals surface area contributed by atoms with E-state index in [4.69, 9.17) is 16.3 Å². The summed E-state index contributed by atoms with van der Waals surface area (Å²) < 4.78 is 6.34. The first kappa shape index (κ1) is 17.3. The van der Waals surface area contributed by atoms with E-state index in [-0.39, 0.29) is 5.91 Å². The van der Waals surface area contributed by atoms with Crippen molar-refractivity contribution in [3.8, 4) is 11.5 Å². The fourth-order valence-electron chi connectivity index (χ4n) is 2.18. The van der Waals surface area contributed by atoms with Gasteiger partial charge in [-0.1, -0.05) is 17.7 Å². The molecule has 0 unspecified atom stereocenters. The van der Waals surface area contributed by atoms with E-state index < -0.39 is 0 Å². The minimum Gasteiger partial charge on any atom is -0.457 e. The van der Waals surface area contributed by atoms with Crippen LogP contribution in [0.3, 0.4) is 0 Å². The number of carbonyl (C=O) groups excluding carboxylic acids is 1. The Morgan fingerprint density at radius 3 is 2.68 bits per heavy atom. The van der Waals surface area contributed by atoms with Crippen LogP contribution in [0.4, 0.5) is 5.69 Å². The van der Waals surface area contributed by atoms with Crippen LogP contribution in [-0.2, 0) is 6.54 Å². The van der Waals surface area contributed by atoms with Gasteiger partial charge in [0, 0.05) is 29.4 Å². The molecule has 3 rings (SSSR count). The molecule has 0 atom stereocenters. The molecule has 5 nitrogen and oxygen atoms in total. The molecule has 0 aliphatic carbocycles. The molecule has 0 saturated heterocycles.